The first-order chi connectivity index (χ1) is 34.8. The average molecular weight is 973 g/mol. The fraction of sp³-hybridized carbons (Fsp3) is 0.269. The number of carbonyl (C=O) groups is 4. The minimum atomic E-state index is -0.870. The molecule has 8 rings (SSSR count). The van der Waals surface area contributed by atoms with Crippen LogP contribution in [0.1, 0.15) is 94.9 Å². The number of nitrogens with zero attached hydrogens (tertiary/aromatic N) is 10. The lowest BCUT2D eigenvalue weighted by Crippen LogP contribution is -2.18. The van der Waals surface area contributed by atoms with Gasteiger partial charge in [-0.05, 0) is 49.9 Å². The Morgan fingerprint density at radius 3 is 1.28 bits per heavy atom. The van der Waals surface area contributed by atoms with Crippen molar-refractivity contribution in [3.63, 3.8) is 0 Å². The van der Waals surface area contributed by atoms with Crippen LogP contribution in [-0.4, -0.2) is 111 Å². The molecule has 0 fully saturated rings. The highest BCUT2D eigenvalue weighted by Gasteiger charge is 2.17. The van der Waals surface area contributed by atoms with E-state index < -0.39 is 11.9 Å². The minimum Gasteiger partial charge on any atom is -0.481 e. The third-order valence-electron chi connectivity index (χ3n) is 11.3. The molecule has 0 aliphatic carbocycles. The molecule has 0 saturated carbocycles. The Kier molecular flexibility index (Phi) is 18.6. The number of carbonyl (C=O) groups excluding carboxylic acids is 2. The Bertz CT molecular complexity index is 2930. The lowest BCUT2D eigenvalue weighted by Gasteiger charge is -2.16. The third kappa shape index (κ3) is 14.3. The molecule has 72 heavy (non-hydrogen) atoms. The maximum absolute atomic E-state index is 12.2. The summed E-state index contributed by atoms with van der Waals surface area (Å²) in [5, 5.41) is 30.1. The summed E-state index contributed by atoms with van der Waals surface area (Å²) in [6.07, 6.45) is 14.4. The van der Waals surface area contributed by atoms with Crippen molar-refractivity contribution in [2.24, 2.45) is 0 Å². The van der Waals surface area contributed by atoms with Crippen LogP contribution >= 0.6 is 0 Å². The topological polar surface area (TPSA) is 286 Å². The molecule has 0 saturated heterocycles. The van der Waals surface area contributed by atoms with Crippen LogP contribution in [0.3, 0.4) is 0 Å². The van der Waals surface area contributed by atoms with Crippen molar-refractivity contribution in [3.8, 4) is 22.5 Å². The number of aliphatic carboxylic acids is 2. The first kappa shape index (κ1) is 52.4. The average Bonchev–Trinajstić information content (AvgIpc) is 3.40. The van der Waals surface area contributed by atoms with Crippen LogP contribution in [0.4, 0.5) is 11.6 Å². The van der Waals surface area contributed by atoms with Crippen molar-refractivity contribution in [1.29, 1.82) is 0 Å². The standard InChI is InChI=1S/2C23H23N7O.C6H10O4/c2*1-14(17-5-4-6-18-19(23(31)24-3)7-8-25-22(17)18)10-28-21-9-20(29-13-30-21)16-11-26-15(2)27-12-16;7-5(8)3-1-2-4-6(9)10/h2*4-9,11-14H,10H2,1-3H3,(H,24,31)(H,28,29,30);1-4H2,(H,7,8)(H,9,10)/t2*14-;/m11./s1. The van der Waals surface area contributed by atoms with E-state index in [0.717, 1.165) is 67.1 Å². The molecule has 0 radical (unpaired) electrons. The number of rotatable bonds is 17. The van der Waals surface area contributed by atoms with Crippen LogP contribution in [0.25, 0.3) is 44.3 Å². The van der Waals surface area contributed by atoms with E-state index in [2.05, 4.69) is 85.0 Å². The van der Waals surface area contributed by atoms with Crippen molar-refractivity contribution in [3.05, 3.63) is 144 Å². The van der Waals surface area contributed by atoms with Gasteiger partial charge in [0, 0.05) is 123 Å². The van der Waals surface area contributed by atoms with Gasteiger partial charge in [0.1, 0.15) is 35.9 Å². The van der Waals surface area contributed by atoms with E-state index >= 15 is 0 Å². The molecule has 2 amide bonds. The number of hydrogen-bond donors (Lipinski definition) is 6. The predicted molar refractivity (Wildman–Crippen MR) is 273 cm³/mol. The van der Waals surface area contributed by atoms with Gasteiger partial charge in [-0.15, -0.1) is 0 Å². The van der Waals surface area contributed by atoms with E-state index in [1.54, 1.807) is 63.4 Å². The summed E-state index contributed by atoms with van der Waals surface area (Å²) >= 11 is 0. The highest BCUT2D eigenvalue weighted by Crippen LogP contribution is 2.29. The fourth-order valence-electron chi connectivity index (χ4n) is 7.42. The maximum atomic E-state index is 12.2. The third-order valence-corrected chi connectivity index (χ3v) is 11.3. The van der Waals surface area contributed by atoms with Crippen molar-refractivity contribution >= 4 is 57.2 Å². The van der Waals surface area contributed by atoms with Crippen LogP contribution in [0, 0.1) is 13.8 Å². The second-order valence-corrected chi connectivity index (χ2v) is 16.5. The normalized spacial score (nSPS) is 11.5. The Morgan fingerprint density at radius 1 is 0.528 bits per heavy atom. The van der Waals surface area contributed by atoms with Crippen molar-refractivity contribution in [2.75, 3.05) is 37.8 Å². The van der Waals surface area contributed by atoms with E-state index in [0.29, 0.717) is 48.7 Å². The van der Waals surface area contributed by atoms with Gasteiger partial charge in [-0.25, -0.2) is 39.9 Å². The molecule has 6 aromatic heterocycles. The lowest BCUT2D eigenvalue weighted by atomic mass is 9.96. The Morgan fingerprint density at radius 2 is 0.917 bits per heavy atom. The first-order valence-electron chi connectivity index (χ1n) is 23.1. The Balaban J connectivity index is 0.000000198. The molecule has 20 heteroatoms. The number of aromatic nitrogens is 10. The second kappa shape index (κ2) is 25.6. The van der Waals surface area contributed by atoms with Crippen molar-refractivity contribution < 1.29 is 29.4 Å². The number of carboxylic acid groups (broad SMARTS) is 2. The first-order valence-corrected chi connectivity index (χ1v) is 23.1. The van der Waals surface area contributed by atoms with E-state index in [1.807, 2.05) is 62.4 Å². The molecule has 0 aliphatic rings. The second-order valence-electron chi connectivity index (χ2n) is 16.5. The maximum Gasteiger partial charge on any atom is 0.303 e. The molecular formula is C52H56N14O6. The van der Waals surface area contributed by atoms with Crippen LogP contribution < -0.4 is 21.3 Å². The van der Waals surface area contributed by atoms with Gasteiger partial charge in [0.05, 0.1) is 33.5 Å². The highest BCUT2D eigenvalue weighted by atomic mass is 16.4. The molecule has 6 heterocycles. The number of nitrogens with one attached hydrogen (secondary N) is 4. The van der Waals surface area contributed by atoms with Gasteiger partial charge in [-0.2, -0.15) is 0 Å². The smallest absolute Gasteiger partial charge is 0.303 e. The van der Waals surface area contributed by atoms with Gasteiger partial charge in [0.2, 0.25) is 0 Å². The number of unbranched alkanes of at least 4 members (excludes halogenated alkanes) is 1. The number of carboxylic acids is 2. The minimum absolute atomic E-state index is 0.0628. The summed E-state index contributed by atoms with van der Waals surface area (Å²) < 4.78 is 0. The van der Waals surface area contributed by atoms with Crippen LogP contribution in [0.2, 0.25) is 0 Å². The number of aryl methyl sites for hydroxylation is 2. The SMILES string of the molecule is CNC(=O)c1ccnc2c([C@H](C)CNc3cc(-c4cnc(C)nc4)ncn3)cccc12.CNC(=O)c1ccnc2c([C@H](C)CNc3cc(-c4cnc(C)nc4)ncn3)cccc12.O=C(O)CCCCC(=O)O. The molecule has 370 valence electrons. The summed E-state index contributed by atoms with van der Waals surface area (Å²) in [6, 6.07) is 19.1. The summed E-state index contributed by atoms with van der Waals surface area (Å²) in [6.45, 7) is 9.21. The molecule has 20 nitrogen and oxygen atoms in total. The molecule has 2 atom stereocenters. The molecule has 0 aliphatic heterocycles. The molecule has 0 spiro atoms. The molecule has 2 aromatic carbocycles. The summed E-state index contributed by atoms with van der Waals surface area (Å²) in [5.41, 5.74) is 8.23. The predicted octanol–water partition coefficient (Wildman–Crippen LogP) is 7.45. The molecule has 0 unspecified atom stereocenters. The van der Waals surface area contributed by atoms with Gasteiger partial charge >= 0.3 is 11.9 Å². The molecule has 6 N–H and O–H groups in total. The van der Waals surface area contributed by atoms with Gasteiger partial charge in [0.25, 0.3) is 11.8 Å². The van der Waals surface area contributed by atoms with E-state index in [-0.39, 0.29) is 36.5 Å². The molecular weight excluding hydrogens is 917 g/mol. The largest absolute Gasteiger partial charge is 0.481 e. The van der Waals surface area contributed by atoms with Gasteiger partial charge in [0.15, 0.2) is 0 Å². The fourth-order valence-corrected chi connectivity index (χ4v) is 7.42. The Hall–Kier alpha value is -8.94. The number of anilines is 2. The van der Waals surface area contributed by atoms with Crippen LogP contribution in [0.15, 0.2) is 110 Å². The number of para-hydroxylation sites is 2. The summed E-state index contributed by atoms with van der Waals surface area (Å²) in [4.78, 5) is 87.5. The van der Waals surface area contributed by atoms with Gasteiger partial charge in [-0.3, -0.25) is 29.1 Å². The van der Waals surface area contributed by atoms with E-state index in [1.165, 1.54) is 12.7 Å². The highest BCUT2D eigenvalue weighted by molar-refractivity contribution is 6.07. The lowest BCUT2D eigenvalue weighted by molar-refractivity contribution is -0.139. The quantitative estimate of drug-likeness (QED) is 0.0483. The van der Waals surface area contributed by atoms with E-state index in [4.69, 9.17) is 10.2 Å². The number of amides is 2. The summed E-state index contributed by atoms with van der Waals surface area (Å²) in [7, 11) is 3.26. The summed E-state index contributed by atoms with van der Waals surface area (Å²) in [5.74, 6) is 1.16. The van der Waals surface area contributed by atoms with Gasteiger partial charge in [-0.1, -0.05) is 50.2 Å². The Labute approximate surface area is 415 Å². The van der Waals surface area contributed by atoms with Crippen molar-refractivity contribution in [1.82, 2.24) is 60.5 Å². The monoisotopic (exact) mass is 972 g/mol. The van der Waals surface area contributed by atoms with Gasteiger partial charge < -0.3 is 31.5 Å². The zero-order chi connectivity index (χ0) is 51.6. The van der Waals surface area contributed by atoms with Crippen LogP contribution in [0.5, 0.6) is 0 Å². The van der Waals surface area contributed by atoms with E-state index in [9.17, 15) is 19.2 Å². The number of benzene rings is 2. The number of fused-ring (bicyclic) bond motifs is 2. The van der Waals surface area contributed by atoms with Crippen molar-refractivity contribution in [2.45, 2.75) is 65.2 Å². The zero-order valence-electron chi connectivity index (χ0n) is 40.8. The van der Waals surface area contributed by atoms with Crippen LogP contribution in [-0.2, 0) is 9.59 Å². The number of pyridine rings is 2. The zero-order valence-corrected chi connectivity index (χ0v) is 40.8. The molecule has 0 bridgehead atoms. The molecule has 8 aromatic rings. The number of hydrogen-bond acceptors (Lipinski definition) is 16.